The van der Waals surface area contributed by atoms with E-state index in [1.807, 2.05) is 0 Å². The fourth-order valence-electron chi connectivity index (χ4n) is 2.24. The van der Waals surface area contributed by atoms with E-state index in [0.29, 0.717) is 0 Å². The largest absolute Gasteiger partial charge is 0.478 e. The number of nitrogens with one attached hydrogen (secondary N) is 3. The first-order valence-corrected chi connectivity index (χ1v) is 9.55. The van der Waals surface area contributed by atoms with Gasteiger partial charge in [0, 0.05) is 17.7 Å². The molecule has 1 atom stereocenters. The number of halogens is 3. The maximum atomic E-state index is 12.5. The van der Waals surface area contributed by atoms with Crippen molar-refractivity contribution < 1.29 is 19.6 Å². The van der Waals surface area contributed by atoms with E-state index < -0.39 is 26.8 Å². The summed E-state index contributed by atoms with van der Waals surface area (Å²) < 4.78 is -2.07. The molecule has 2 aromatic rings. The van der Waals surface area contributed by atoms with Gasteiger partial charge in [0.1, 0.15) is 6.17 Å². The molecule has 0 aliphatic heterocycles. The Kier molecular flexibility index (Phi) is 7.79. The highest BCUT2D eigenvalue weighted by Crippen LogP contribution is 2.29. The van der Waals surface area contributed by atoms with Crippen molar-refractivity contribution in [2.24, 2.45) is 0 Å². The fourth-order valence-corrected chi connectivity index (χ4v) is 2.80. The van der Waals surface area contributed by atoms with Gasteiger partial charge in [-0.3, -0.25) is 14.9 Å². The van der Waals surface area contributed by atoms with Crippen LogP contribution in [0.25, 0.3) is 0 Å². The van der Waals surface area contributed by atoms with Crippen molar-refractivity contribution in [3.05, 3.63) is 69.8 Å². The molecule has 0 aliphatic rings. The minimum absolute atomic E-state index is 0.0413. The minimum Gasteiger partial charge on any atom is -0.478 e. The van der Waals surface area contributed by atoms with E-state index in [2.05, 4.69) is 16.0 Å². The number of amides is 1. The third-order valence-corrected chi connectivity index (χ3v) is 4.48. The van der Waals surface area contributed by atoms with E-state index >= 15 is 0 Å². The van der Waals surface area contributed by atoms with Gasteiger partial charge in [-0.1, -0.05) is 53.0 Å². The van der Waals surface area contributed by atoms with Gasteiger partial charge in [0.05, 0.1) is 16.2 Å². The van der Waals surface area contributed by atoms with Crippen LogP contribution in [-0.2, 0) is 0 Å². The lowest BCUT2D eigenvalue weighted by molar-refractivity contribution is -0.384. The zero-order valence-electron chi connectivity index (χ0n) is 14.8. The molecule has 4 N–H and O–H groups in total. The molecule has 0 spiro atoms. The molecule has 0 saturated heterocycles. The number of hydrogen-bond donors (Lipinski definition) is 4. The van der Waals surface area contributed by atoms with Crippen molar-refractivity contribution in [2.75, 3.05) is 5.32 Å². The quantitative estimate of drug-likeness (QED) is 0.158. The second-order valence-electron chi connectivity index (χ2n) is 5.70. The Morgan fingerprint density at radius 3 is 2.37 bits per heavy atom. The van der Waals surface area contributed by atoms with Crippen molar-refractivity contribution in [2.45, 2.75) is 9.96 Å². The van der Waals surface area contributed by atoms with Gasteiger partial charge in [-0.25, -0.2) is 4.79 Å². The summed E-state index contributed by atoms with van der Waals surface area (Å²) in [7, 11) is 0. The smallest absolute Gasteiger partial charge is 0.337 e. The van der Waals surface area contributed by atoms with E-state index in [0.717, 1.165) is 6.07 Å². The zero-order chi connectivity index (χ0) is 22.5. The first-order chi connectivity index (χ1) is 14.0. The number of carboxylic acid groups (broad SMARTS) is 1. The van der Waals surface area contributed by atoms with Crippen molar-refractivity contribution in [1.82, 2.24) is 10.6 Å². The SMILES string of the molecule is O=C(N[C@H](NC(=S)Nc1ccccc1C(=O)O)C(Cl)(Cl)Cl)c1cccc([N+](=O)[O-])c1. The highest BCUT2D eigenvalue weighted by Gasteiger charge is 2.35. The molecule has 0 saturated carbocycles. The normalized spacial score (nSPS) is 11.8. The Bertz CT molecular complexity index is 999. The Morgan fingerprint density at radius 1 is 1.10 bits per heavy atom. The number of anilines is 1. The topological polar surface area (TPSA) is 134 Å². The number of para-hydroxylation sites is 1. The number of aromatic carboxylic acids is 1. The van der Waals surface area contributed by atoms with Crippen molar-refractivity contribution >= 4 is 75.4 Å². The number of rotatable bonds is 6. The highest BCUT2D eigenvalue weighted by atomic mass is 35.6. The van der Waals surface area contributed by atoms with Crippen molar-refractivity contribution in [3.63, 3.8) is 0 Å². The average Bonchev–Trinajstić information content (AvgIpc) is 2.67. The van der Waals surface area contributed by atoms with Crippen LogP contribution in [0, 0.1) is 10.1 Å². The maximum Gasteiger partial charge on any atom is 0.337 e. The summed E-state index contributed by atoms with van der Waals surface area (Å²) in [5, 5.41) is 27.6. The highest BCUT2D eigenvalue weighted by molar-refractivity contribution is 7.80. The number of nitrogens with zero attached hydrogens (tertiary/aromatic N) is 1. The number of carboxylic acids is 1. The lowest BCUT2D eigenvalue weighted by Crippen LogP contribution is -2.56. The van der Waals surface area contributed by atoms with Crippen LogP contribution >= 0.6 is 47.0 Å². The van der Waals surface area contributed by atoms with Crippen molar-refractivity contribution in [3.8, 4) is 0 Å². The van der Waals surface area contributed by atoms with Gasteiger partial charge in [0.25, 0.3) is 11.6 Å². The lowest BCUT2D eigenvalue weighted by atomic mass is 10.2. The molecule has 2 aromatic carbocycles. The molecule has 13 heteroatoms. The molecule has 2 rings (SSSR count). The molecule has 30 heavy (non-hydrogen) atoms. The second-order valence-corrected chi connectivity index (χ2v) is 8.48. The number of carbonyl (C=O) groups excluding carboxylic acids is 1. The standard InChI is InChI=1S/C17H13Cl3N4O5S/c18-17(19,20)15(22-13(25)9-4-3-5-10(8-9)24(28)29)23-16(30)21-12-7-2-1-6-11(12)14(26)27/h1-8,15H,(H,22,25)(H,26,27)(H2,21,23,30)/t15-/m1/s1. The molecule has 0 fully saturated rings. The van der Waals surface area contributed by atoms with E-state index in [1.165, 1.54) is 36.4 Å². The Hall–Kier alpha value is -2.66. The summed E-state index contributed by atoms with van der Waals surface area (Å²) in [6, 6.07) is 10.9. The van der Waals surface area contributed by atoms with E-state index in [-0.39, 0.29) is 27.6 Å². The molecule has 1 amide bonds. The fraction of sp³-hybridized carbons (Fsp3) is 0.118. The summed E-state index contributed by atoms with van der Waals surface area (Å²) in [4.78, 5) is 34.0. The third kappa shape index (κ3) is 6.42. The number of carbonyl (C=O) groups is 2. The third-order valence-electron chi connectivity index (χ3n) is 3.60. The second kappa shape index (κ2) is 9.90. The molecular formula is C17H13Cl3N4O5S. The number of hydrogen-bond acceptors (Lipinski definition) is 5. The minimum atomic E-state index is -2.07. The summed E-state index contributed by atoms with van der Waals surface area (Å²) >= 11 is 22.8. The predicted octanol–water partition coefficient (Wildman–Crippen LogP) is 3.71. The Morgan fingerprint density at radius 2 is 1.77 bits per heavy atom. The van der Waals surface area contributed by atoms with Crippen LogP contribution in [0.4, 0.5) is 11.4 Å². The van der Waals surface area contributed by atoms with E-state index in [1.54, 1.807) is 6.07 Å². The summed E-state index contributed by atoms with van der Waals surface area (Å²) in [5.41, 5.74) is -0.202. The van der Waals surface area contributed by atoms with Crippen molar-refractivity contribution in [1.29, 1.82) is 0 Å². The molecule has 0 heterocycles. The van der Waals surface area contributed by atoms with Gasteiger partial charge in [-0.05, 0) is 30.4 Å². The van der Waals surface area contributed by atoms with Gasteiger partial charge in [-0.15, -0.1) is 0 Å². The Labute approximate surface area is 190 Å². The molecule has 9 nitrogen and oxygen atoms in total. The first-order valence-electron chi connectivity index (χ1n) is 8.01. The number of nitro groups is 1. The van der Waals surface area contributed by atoms with Gasteiger partial charge in [-0.2, -0.15) is 0 Å². The molecule has 0 bridgehead atoms. The van der Waals surface area contributed by atoms with Gasteiger partial charge < -0.3 is 21.1 Å². The summed E-state index contributed by atoms with van der Waals surface area (Å²) in [5.74, 6) is -1.95. The Balaban J connectivity index is 2.16. The number of non-ortho nitro benzene ring substituents is 1. The number of benzene rings is 2. The van der Waals surface area contributed by atoms with Crippen LogP contribution in [0.1, 0.15) is 20.7 Å². The lowest BCUT2D eigenvalue weighted by Gasteiger charge is -2.28. The number of thiocarbonyl (C=S) groups is 1. The number of nitro benzene ring substituents is 1. The van der Waals surface area contributed by atoms with Gasteiger partial charge >= 0.3 is 5.97 Å². The molecule has 0 aromatic heterocycles. The van der Waals surface area contributed by atoms with Crippen LogP contribution in [0.5, 0.6) is 0 Å². The van der Waals surface area contributed by atoms with Crippen LogP contribution in [0.2, 0.25) is 0 Å². The zero-order valence-corrected chi connectivity index (χ0v) is 17.8. The number of alkyl halides is 3. The van der Waals surface area contributed by atoms with Crippen LogP contribution < -0.4 is 16.0 Å². The summed E-state index contributed by atoms with van der Waals surface area (Å²) in [6.45, 7) is 0. The maximum absolute atomic E-state index is 12.5. The van der Waals surface area contributed by atoms with E-state index in [9.17, 15) is 24.8 Å². The molecule has 158 valence electrons. The monoisotopic (exact) mass is 490 g/mol. The predicted molar refractivity (Wildman–Crippen MR) is 117 cm³/mol. The molecule has 0 aliphatic carbocycles. The van der Waals surface area contributed by atoms with Gasteiger partial charge in [0.15, 0.2) is 5.11 Å². The summed E-state index contributed by atoms with van der Waals surface area (Å²) in [6.07, 6.45) is -1.36. The molecule has 0 radical (unpaired) electrons. The van der Waals surface area contributed by atoms with Crippen LogP contribution in [0.3, 0.4) is 0 Å². The first kappa shape index (κ1) is 23.6. The average molecular weight is 492 g/mol. The van der Waals surface area contributed by atoms with Crippen LogP contribution in [-0.4, -0.2) is 37.0 Å². The molecular weight excluding hydrogens is 479 g/mol. The van der Waals surface area contributed by atoms with Gasteiger partial charge in [0.2, 0.25) is 3.79 Å². The van der Waals surface area contributed by atoms with E-state index in [4.69, 9.17) is 47.0 Å². The van der Waals surface area contributed by atoms with Crippen LogP contribution in [0.15, 0.2) is 48.5 Å². The molecule has 0 unspecified atom stereocenters.